The van der Waals surface area contributed by atoms with Gasteiger partial charge in [-0.25, -0.2) is 4.79 Å². The molecular weight excluding hydrogens is 416 g/mol. The highest BCUT2D eigenvalue weighted by atomic mass is 16.2. The number of nitrogens with one attached hydrogen (secondary N) is 3. The number of carbonyl (C=O) groups excluding carboxylic acids is 3. The maximum atomic E-state index is 12.8. The molecule has 178 valence electrons. The van der Waals surface area contributed by atoms with Gasteiger partial charge in [-0.3, -0.25) is 9.59 Å². The fraction of sp³-hybridized carbons (Fsp3) is 0.654. The van der Waals surface area contributed by atoms with E-state index < -0.39 is 0 Å². The first-order chi connectivity index (χ1) is 15.9. The van der Waals surface area contributed by atoms with Crippen molar-refractivity contribution in [2.45, 2.75) is 70.3 Å². The van der Waals surface area contributed by atoms with E-state index in [9.17, 15) is 14.4 Å². The Kier molecular flexibility index (Phi) is 6.06. The van der Waals surface area contributed by atoms with Crippen LogP contribution in [0.2, 0.25) is 0 Å². The van der Waals surface area contributed by atoms with Crippen molar-refractivity contribution in [1.29, 1.82) is 0 Å². The van der Waals surface area contributed by atoms with Crippen molar-refractivity contribution >= 4 is 23.5 Å². The molecule has 1 heterocycles. The fourth-order valence-electron chi connectivity index (χ4n) is 7.14. The highest BCUT2D eigenvalue weighted by molar-refractivity contribution is 5.99. The van der Waals surface area contributed by atoms with E-state index in [0.29, 0.717) is 11.3 Å². The molecule has 1 saturated heterocycles. The molecule has 7 nitrogen and oxygen atoms in total. The maximum Gasteiger partial charge on any atom is 0.315 e. The molecule has 33 heavy (non-hydrogen) atoms. The second kappa shape index (κ2) is 8.99. The lowest BCUT2D eigenvalue weighted by atomic mass is 9.53. The van der Waals surface area contributed by atoms with Gasteiger partial charge in [0.05, 0.1) is 0 Å². The summed E-state index contributed by atoms with van der Waals surface area (Å²) in [6.07, 6.45) is 9.64. The zero-order valence-corrected chi connectivity index (χ0v) is 19.6. The number of likely N-dealkylation sites (tertiary alicyclic amines) is 1. The van der Waals surface area contributed by atoms with Crippen molar-refractivity contribution < 1.29 is 14.4 Å². The Morgan fingerprint density at radius 3 is 2.27 bits per heavy atom. The summed E-state index contributed by atoms with van der Waals surface area (Å²) in [5.74, 6) is 2.19. The molecule has 5 fully saturated rings. The summed E-state index contributed by atoms with van der Waals surface area (Å²) in [6, 6.07) is 5.30. The van der Waals surface area contributed by atoms with E-state index in [4.69, 9.17) is 0 Å². The minimum absolute atomic E-state index is 0.0273. The van der Waals surface area contributed by atoms with E-state index in [-0.39, 0.29) is 36.3 Å². The van der Waals surface area contributed by atoms with Gasteiger partial charge in [-0.1, -0.05) is 6.07 Å². The molecule has 0 aromatic heterocycles. The Morgan fingerprint density at radius 2 is 1.64 bits per heavy atom. The van der Waals surface area contributed by atoms with Gasteiger partial charge < -0.3 is 20.9 Å². The molecule has 0 atom stereocenters. The summed E-state index contributed by atoms with van der Waals surface area (Å²) in [7, 11) is 0. The number of rotatable bonds is 6. The first kappa shape index (κ1) is 22.2. The summed E-state index contributed by atoms with van der Waals surface area (Å²) in [6.45, 7) is 3.75. The lowest BCUT2D eigenvalue weighted by molar-refractivity contribution is -0.116. The second-order valence-electron chi connectivity index (χ2n) is 10.9. The monoisotopic (exact) mass is 452 g/mol. The molecule has 5 aliphatic rings. The van der Waals surface area contributed by atoms with Crippen LogP contribution in [0.4, 0.5) is 10.5 Å². The first-order valence-corrected chi connectivity index (χ1v) is 12.7. The Morgan fingerprint density at radius 1 is 1.00 bits per heavy atom. The minimum Gasteiger partial charge on any atom is -0.339 e. The third-order valence-electron chi connectivity index (χ3n) is 8.29. The number of urea groups is 1. The van der Waals surface area contributed by atoms with Gasteiger partial charge >= 0.3 is 6.03 Å². The largest absolute Gasteiger partial charge is 0.339 e. The molecule has 1 aliphatic heterocycles. The molecule has 0 radical (unpaired) electrons. The van der Waals surface area contributed by atoms with Crippen LogP contribution in [-0.2, 0) is 4.79 Å². The predicted molar refractivity (Wildman–Crippen MR) is 127 cm³/mol. The van der Waals surface area contributed by atoms with Crippen LogP contribution >= 0.6 is 0 Å². The number of nitrogens with zero attached hydrogens (tertiary/aromatic N) is 1. The third-order valence-corrected chi connectivity index (χ3v) is 8.29. The van der Waals surface area contributed by atoms with E-state index in [2.05, 4.69) is 16.0 Å². The highest BCUT2D eigenvalue weighted by Crippen LogP contribution is 2.55. The Hall–Kier alpha value is -2.57. The summed E-state index contributed by atoms with van der Waals surface area (Å²) < 4.78 is 0. The van der Waals surface area contributed by atoms with Crippen molar-refractivity contribution in [2.75, 3.05) is 25.0 Å². The molecule has 0 spiro atoms. The van der Waals surface area contributed by atoms with Crippen molar-refractivity contribution in [3.8, 4) is 0 Å². The number of hydrogen-bond acceptors (Lipinski definition) is 3. The van der Waals surface area contributed by atoms with Gasteiger partial charge in [0.1, 0.15) is 0 Å². The molecule has 1 aromatic carbocycles. The van der Waals surface area contributed by atoms with E-state index in [0.717, 1.165) is 68.5 Å². The van der Waals surface area contributed by atoms with Gasteiger partial charge in [0.25, 0.3) is 5.91 Å². The number of amides is 4. The van der Waals surface area contributed by atoms with E-state index >= 15 is 0 Å². The number of anilines is 1. The molecule has 4 saturated carbocycles. The molecule has 1 aromatic rings. The topological polar surface area (TPSA) is 90.5 Å². The summed E-state index contributed by atoms with van der Waals surface area (Å²) >= 11 is 0. The van der Waals surface area contributed by atoms with Gasteiger partial charge in [0.2, 0.25) is 5.91 Å². The molecular formula is C26H36N4O3. The van der Waals surface area contributed by atoms with Crippen LogP contribution in [0.1, 0.15) is 73.7 Å². The zero-order valence-electron chi connectivity index (χ0n) is 19.6. The Bertz CT molecular complexity index is 902. The Balaban J connectivity index is 1.10. The number of hydrogen-bond donors (Lipinski definition) is 3. The van der Waals surface area contributed by atoms with E-state index in [1.807, 2.05) is 30.0 Å². The second-order valence-corrected chi connectivity index (χ2v) is 10.9. The van der Waals surface area contributed by atoms with Crippen molar-refractivity contribution in [3.05, 3.63) is 29.3 Å². The van der Waals surface area contributed by atoms with Gasteiger partial charge in [-0.15, -0.1) is 0 Å². The van der Waals surface area contributed by atoms with Gasteiger partial charge in [0.15, 0.2) is 0 Å². The maximum absolute atomic E-state index is 12.8. The van der Waals surface area contributed by atoms with Crippen molar-refractivity contribution in [1.82, 2.24) is 15.5 Å². The van der Waals surface area contributed by atoms with Crippen LogP contribution < -0.4 is 16.0 Å². The minimum atomic E-state index is -0.168. The molecule has 4 amide bonds. The smallest absolute Gasteiger partial charge is 0.315 e. The normalized spacial score (nSPS) is 29.7. The molecule has 4 aliphatic carbocycles. The van der Waals surface area contributed by atoms with Crippen LogP contribution in [0, 0.1) is 24.7 Å². The third kappa shape index (κ3) is 4.73. The van der Waals surface area contributed by atoms with E-state index in [1.165, 1.54) is 19.3 Å². The first-order valence-electron chi connectivity index (χ1n) is 12.7. The average Bonchev–Trinajstić information content (AvgIpc) is 3.28. The van der Waals surface area contributed by atoms with Crippen LogP contribution in [-0.4, -0.2) is 47.9 Å². The predicted octanol–water partition coefficient (Wildman–Crippen LogP) is 3.83. The summed E-state index contributed by atoms with van der Waals surface area (Å²) in [4.78, 5) is 39.7. The lowest BCUT2D eigenvalue weighted by Gasteiger charge is -2.56. The quantitative estimate of drug-likeness (QED) is 0.613. The molecule has 3 N–H and O–H groups in total. The summed E-state index contributed by atoms with van der Waals surface area (Å²) in [5, 5.41) is 9.08. The molecule has 7 heteroatoms. The van der Waals surface area contributed by atoms with Crippen LogP contribution in [0.25, 0.3) is 0 Å². The Labute approximate surface area is 196 Å². The van der Waals surface area contributed by atoms with Crippen LogP contribution in [0.3, 0.4) is 0 Å². The van der Waals surface area contributed by atoms with Crippen molar-refractivity contribution in [3.63, 3.8) is 0 Å². The van der Waals surface area contributed by atoms with Crippen LogP contribution in [0.15, 0.2) is 18.2 Å². The highest BCUT2D eigenvalue weighted by Gasteiger charge is 2.51. The fourth-order valence-corrected chi connectivity index (χ4v) is 7.14. The zero-order chi connectivity index (χ0) is 23.0. The average molecular weight is 453 g/mol. The lowest BCUT2D eigenvalue weighted by Crippen LogP contribution is -2.61. The van der Waals surface area contributed by atoms with Crippen molar-refractivity contribution in [2.24, 2.45) is 17.8 Å². The van der Waals surface area contributed by atoms with Gasteiger partial charge in [0, 0.05) is 42.8 Å². The SMILES string of the molecule is Cc1c(NC(=O)CCNC(=O)NC23CC4CC(CC(C4)C2)C3)cccc1C(=O)N1CCCC1. The molecule has 0 unspecified atom stereocenters. The van der Waals surface area contributed by atoms with E-state index in [1.54, 1.807) is 0 Å². The van der Waals surface area contributed by atoms with Crippen LogP contribution in [0.5, 0.6) is 0 Å². The number of carbonyl (C=O) groups is 3. The van der Waals surface area contributed by atoms with Gasteiger partial charge in [-0.05, 0) is 93.7 Å². The van der Waals surface area contributed by atoms with Gasteiger partial charge in [-0.2, -0.15) is 0 Å². The molecule has 4 bridgehead atoms. The number of benzene rings is 1. The summed E-state index contributed by atoms with van der Waals surface area (Å²) in [5.41, 5.74) is 2.06. The molecule has 6 rings (SSSR count). The standard InChI is InChI=1S/C26H36N4O3/c1-17-21(24(32)30-9-2-3-10-30)5-4-6-22(17)28-23(31)7-8-27-25(33)29-26-14-18-11-19(15-26)13-20(12-18)16-26/h4-6,18-20H,2-3,7-16H2,1H3,(H,28,31)(H2,27,29,33).